The molecule has 7 nitrogen and oxygen atoms in total. The van der Waals surface area contributed by atoms with E-state index in [9.17, 15) is 9.59 Å². The fourth-order valence-electron chi connectivity index (χ4n) is 7.14. The van der Waals surface area contributed by atoms with Crippen LogP contribution in [-0.2, 0) is 32.7 Å². The van der Waals surface area contributed by atoms with Crippen LogP contribution in [0.25, 0.3) is 0 Å². The van der Waals surface area contributed by atoms with Crippen molar-refractivity contribution < 1.29 is 28.5 Å². The van der Waals surface area contributed by atoms with Gasteiger partial charge in [-0.2, -0.15) is 0 Å². The highest BCUT2D eigenvalue weighted by Crippen LogP contribution is 2.64. The van der Waals surface area contributed by atoms with Gasteiger partial charge in [-0.15, -0.1) is 0 Å². The average molecular weight is 478 g/mol. The zero-order valence-corrected chi connectivity index (χ0v) is 20.4. The van der Waals surface area contributed by atoms with E-state index in [4.69, 9.17) is 18.9 Å². The molecule has 0 unspecified atom stereocenters. The molecule has 5 atom stereocenters. The van der Waals surface area contributed by atoms with E-state index in [0.29, 0.717) is 29.9 Å². The van der Waals surface area contributed by atoms with Crippen LogP contribution in [0, 0.1) is 5.92 Å². The fraction of sp³-hybridized carbons (Fsp3) is 0.500. The molecule has 2 aliphatic heterocycles. The topological polar surface area (TPSA) is 74.3 Å². The number of ether oxygens (including phenoxy) is 4. The Morgan fingerprint density at radius 1 is 1.14 bits per heavy atom. The molecule has 2 fully saturated rings. The molecule has 4 aliphatic rings. The van der Waals surface area contributed by atoms with E-state index in [2.05, 4.69) is 18.0 Å². The van der Waals surface area contributed by atoms with Gasteiger partial charge in [0, 0.05) is 23.9 Å². The van der Waals surface area contributed by atoms with Gasteiger partial charge in [0.2, 0.25) is 0 Å². The summed E-state index contributed by atoms with van der Waals surface area (Å²) in [5.74, 6) is 1.07. The van der Waals surface area contributed by atoms with E-state index in [1.54, 1.807) is 12.1 Å². The Morgan fingerprint density at radius 3 is 2.69 bits per heavy atom. The molecule has 1 saturated heterocycles. The van der Waals surface area contributed by atoms with Crippen molar-refractivity contribution in [3.63, 3.8) is 0 Å². The SMILES string of the molecule is COC(=O)c1ccc(CO[C@H]2CC[C@H]3[C@H]4Cc5ccc(OC(C)=O)c6c5[C@@]3(CCN4C)[C@H]2O6)cc1. The van der Waals surface area contributed by atoms with Crippen LogP contribution in [0.2, 0.25) is 0 Å². The molecule has 0 aromatic heterocycles. The minimum atomic E-state index is -0.347. The van der Waals surface area contributed by atoms with Gasteiger partial charge < -0.3 is 23.8 Å². The maximum absolute atomic E-state index is 11.8. The lowest BCUT2D eigenvalue weighted by molar-refractivity contribution is -0.132. The first-order chi connectivity index (χ1) is 16.9. The largest absolute Gasteiger partial charge is 0.483 e. The molecule has 2 aromatic rings. The molecule has 2 heterocycles. The number of likely N-dealkylation sites (tertiary alicyclic amines) is 1. The Labute approximate surface area is 205 Å². The number of benzene rings is 2. The van der Waals surface area contributed by atoms with E-state index in [-0.39, 0.29) is 29.6 Å². The highest BCUT2D eigenvalue weighted by atomic mass is 16.6. The predicted octanol–water partition coefficient (Wildman–Crippen LogP) is 3.65. The van der Waals surface area contributed by atoms with Crippen molar-refractivity contribution in [2.45, 2.75) is 62.9 Å². The molecular weight excluding hydrogens is 446 g/mol. The maximum Gasteiger partial charge on any atom is 0.337 e. The van der Waals surface area contributed by atoms with Crippen molar-refractivity contribution in [3.8, 4) is 11.5 Å². The van der Waals surface area contributed by atoms with Crippen LogP contribution in [0.3, 0.4) is 0 Å². The van der Waals surface area contributed by atoms with Crippen LogP contribution < -0.4 is 9.47 Å². The molecule has 2 aliphatic carbocycles. The molecule has 1 spiro atoms. The van der Waals surface area contributed by atoms with Crippen LogP contribution in [0.1, 0.15) is 53.2 Å². The monoisotopic (exact) mass is 477 g/mol. The van der Waals surface area contributed by atoms with Crippen LogP contribution in [0.5, 0.6) is 11.5 Å². The lowest BCUT2D eigenvalue weighted by atomic mass is 9.51. The first-order valence-corrected chi connectivity index (χ1v) is 12.4. The Balaban J connectivity index is 1.32. The number of carbonyl (C=O) groups excluding carboxylic acids is 2. The number of likely N-dealkylation sites (N-methyl/N-ethyl adjacent to an activating group) is 1. The summed E-state index contributed by atoms with van der Waals surface area (Å²) in [5, 5.41) is 0. The predicted molar refractivity (Wildman–Crippen MR) is 128 cm³/mol. The molecule has 35 heavy (non-hydrogen) atoms. The summed E-state index contributed by atoms with van der Waals surface area (Å²) in [5.41, 5.74) is 3.97. The molecule has 0 radical (unpaired) electrons. The molecular formula is C28H31NO6. The second-order valence-corrected chi connectivity index (χ2v) is 10.3. The van der Waals surface area contributed by atoms with Crippen molar-refractivity contribution >= 4 is 11.9 Å². The number of nitrogens with zero attached hydrogens (tertiary/aromatic N) is 1. The number of hydrogen-bond donors (Lipinski definition) is 0. The standard InChI is InChI=1S/C28H31NO6/c1-16(30)34-22-10-8-19-14-21-20-9-11-23(33-15-17-4-6-18(7-5-17)27(31)32-3)26-28(20,12-13-29(21)2)24(19)25(22)35-26/h4-8,10,20-21,23,26H,9,11-15H2,1-3H3/t20-,21+,23-,26-,28-/m0/s1. The Morgan fingerprint density at radius 2 is 1.94 bits per heavy atom. The molecule has 0 N–H and O–H groups in total. The van der Waals surface area contributed by atoms with Crippen LogP contribution >= 0.6 is 0 Å². The number of rotatable bonds is 5. The van der Waals surface area contributed by atoms with E-state index in [0.717, 1.165) is 43.5 Å². The van der Waals surface area contributed by atoms with Crippen LogP contribution in [0.4, 0.5) is 0 Å². The maximum atomic E-state index is 11.8. The van der Waals surface area contributed by atoms with E-state index in [1.165, 1.54) is 25.2 Å². The summed E-state index contributed by atoms with van der Waals surface area (Å²) >= 11 is 0. The number of carbonyl (C=O) groups is 2. The summed E-state index contributed by atoms with van der Waals surface area (Å²) in [7, 11) is 3.62. The van der Waals surface area contributed by atoms with Crippen LogP contribution in [0.15, 0.2) is 36.4 Å². The highest BCUT2D eigenvalue weighted by molar-refractivity contribution is 5.89. The summed E-state index contributed by atoms with van der Waals surface area (Å²) in [6.45, 7) is 2.88. The quantitative estimate of drug-likeness (QED) is 0.481. The van der Waals surface area contributed by atoms with Gasteiger partial charge in [-0.1, -0.05) is 18.2 Å². The lowest BCUT2D eigenvalue weighted by Crippen LogP contribution is -2.66. The van der Waals surface area contributed by atoms with E-state index < -0.39 is 0 Å². The number of methoxy groups -OCH3 is 1. The van der Waals surface area contributed by atoms with Crippen molar-refractivity contribution in [2.24, 2.45) is 5.92 Å². The van der Waals surface area contributed by atoms with Crippen molar-refractivity contribution in [3.05, 3.63) is 58.7 Å². The van der Waals surface area contributed by atoms with Crippen molar-refractivity contribution in [2.75, 3.05) is 20.7 Å². The Kier molecular flexibility index (Phi) is 5.38. The molecule has 0 amide bonds. The molecule has 6 rings (SSSR count). The van der Waals surface area contributed by atoms with E-state index in [1.807, 2.05) is 18.2 Å². The third-order valence-electron chi connectivity index (χ3n) is 8.62. The Hall–Kier alpha value is -2.90. The molecule has 2 aromatic carbocycles. The normalized spacial score (nSPS) is 30.3. The third-order valence-corrected chi connectivity index (χ3v) is 8.62. The summed E-state index contributed by atoms with van der Waals surface area (Å²) in [6, 6.07) is 11.8. The smallest absolute Gasteiger partial charge is 0.337 e. The number of hydrogen-bond acceptors (Lipinski definition) is 7. The summed E-state index contributed by atoms with van der Waals surface area (Å²) in [4.78, 5) is 26.1. The zero-order valence-electron chi connectivity index (χ0n) is 20.4. The average Bonchev–Trinajstić information content (AvgIpc) is 3.21. The van der Waals surface area contributed by atoms with Gasteiger partial charge >= 0.3 is 11.9 Å². The minimum Gasteiger partial charge on any atom is -0.483 e. The second kappa shape index (κ2) is 8.35. The number of piperidine rings is 1. The van der Waals surface area contributed by atoms with Gasteiger partial charge in [0.25, 0.3) is 0 Å². The van der Waals surface area contributed by atoms with E-state index >= 15 is 0 Å². The molecule has 1 saturated carbocycles. The fourth-order valence-corrected chi connectivity index (χ4v) is 7.14. The lowest BCUT2D eigenvalue weighted by Gasteiger charge is -2.58. The van der Waals surface area contributed by atoms with Gasteiger partial charge in [-0.25, -0.2) is 4.79 Å². The van der Waals surface area contributed by atoms with Gasteiger partial charge in [0.15, 0.2) is 11.5 Å². The molecule has 7 heteroatoms. The van der Waals surface area contributed by atoms with Gasteiger partial charge in [-0.3, -0.25) is 4.79 Å². The second-order valence-electron chi connectivity index (χ2n) is 10.3. The summed E-state index contributed by atoms with van der Waals surface area (Å²) < 4.78 is 23.6. The Bertz CT molecular complexity index is 1180. The van der Waals surface area contributed by atoms with Gasteiger partial charge in [-0.05, 0) is 74.5 Å². The zero-order chi connectivity index (χ0) is 24.3. The summed E-state index contributed by atoms with van der Waals surface area (Å²) in [6.07, 6.45) is 3.83. The number of esters is 2. The highest BCUT2D eigenvalue weighted by Gasteiger charge is 2.65. The van der Waals surface area contributed by atoms with Gasteiger partial charge in [0.05, 0.1) is 25.4 Å². The van der Waals surface area contributed by atoms with Gasteiger partial charge in [0.1, 0.15) is 6.10 Å². The van der Waals surface area contributed by atoms with Crippen LogP contribution in [-0.4, -0.2) is 55.8 Å². The minimum absolute atomic E-state index is 0.0703. The molecule has 184 valence electrons. The molecule has 2 bridgehead atoms. The first-order valence-electron chi connectivity index (χ1n) is 12.4. The van der Waals surface area contributed by atoms with Crippen molar-refractivity contribution in [1.82, 2.24) is 4.90 Å². The van der Waals surface area contributed by atoms with Crippen molar-refractivity contribution in [1.29, 1.82) is 0 Å². The first kappa shape index (κ1) is 22.6. The third kappa shape index (κ3) is 3.39.